The van der Waals surface area contributed by atoms with Crippen LogP contribution in [0.1, 0.15) is 47.5 Å². The minimum absolute atomic E-state index is 0.173. The average molecular weight is 376 g/mol. The van der Waals surface area contributed by atoms with E-state index < -0.39 is 5.60 Å². The SMILES string of the molecule is C[C@H]1CN(C2(C)CCN(C(=O)OC(C)(C)C)CC2)CCN1Br. The van der Waals surface area contributed by atoms with Gasteiger partial charge in [0.25, 0.3) is 0 Å². The molecule has 0 radical (unpaired) electrons. The van der Waals surface area contributed by atoms with Gasteiger partial charge in [-0.2, -0.15) is 0 Å². The summed E-state index contributed by atoms with van der Waals surface area (Å²) in [5, 5.41) is 0. The molecule has 1 atom stereocenters. The third-order valence-corrected chi connectivity index (χ3v) is 5.86. The van der Waals surface area contributed by atoms with Crippen molar-refractivity contribution in [2.75, 3.05) is 32.7 Å². The third kappa shape index (κ3) is 4.36. The van der Waals surface area contributed by atoms with E-state index in [1.165, 1.54) is 0 Å². The number of nitrogens with zero attached hydrogens (tertiary/aromatic N) is 3. The first kappa shape index (κ1) is 18.0. The minimum atomic E-state index is -0.417. The van der Waals surface area contributed by atoms with Gasteiger partial charge < -0.3 is 9.64 Å². The van der Waals surface area contributed by atoms with Crippen LogP contribution in [0.2, 0.25) is 0 Å². The lowest BCUT2D eigenvalue weighted by molar-refractivity contribution is -0.0144. The lowest BCUT2D eigenvalue weighted by atomic mass is 9.87. The number of likely N-dealkylation sites (tertiary alicyclic amines) is 1. The first-order valence-corrected chi connectivity index (χ1v) is 8.97. The van der Waals surface area contributed by atoms with E-state index in [2.05, 4.69) is 38.8 Å². The Balaban J connectivity index is 1.89. The number of hydrogen-bond acceptors (Lipinski definition) is 4. The van der Waals surface area contributed by atoms with Gasteiger partial charge in [-0.25, -0.2) is 8.72 Å². The molecule has 2 rings (SSSR count). The molecule has 128 valence electrons. The summed E-state index contributed by atoms with van der Waals surface area (Å²) >= 11 is 3.62. The van der Waals surface area contributed by atoms with E-state index in [4.69, 9.17) is 4.74 Å². The monoisotopic (exact) mass is 375 g/mol. The number of piperidine rings is 1. The maximum atomic E-state index is 12.2. The van der Waals surface area contributed by atoms with Gasteiger partial charge in [0.1, 0.15) is 5.60 Å². The zero-order valence-corrected chi connectivity index (χ0v) is 16.1. The van der Waals surface area contributed by atoms with Crippen molar-refractivity contribution in [1.29, 1.82) is 0 Å². The van der Waals surface area contributed by atoms with Crippen LogP contribution >= 0.6 is 16.1 Å². The smallest absolute Gasteiger partial charge is 0.410 e. The Kier molecular flexibility index (Phi) is 5.45. The van der Waals surface area contributed by atoms with E-state index >= 15 is 0 Å². The summed E-state index contributed by atoms with van der Waals surface area (Å²) in [6.07, 6.45) is 1.86. The van der Waals surface area contributed by atoms with Gasteiger partial charge in [0.05, 0.1) is 0 Å². The van der Waals surface area contributed by atoms with E-state index in [1.807, 2.05) is 25.7 Å². The van der Waals surface area contributed by atoms with E-state index in [9.17, 15) is 4.79 Å². The van der Waals surface area contributed by atoms with Crippen LogP contribution in [-0.4, -0.2) is 69.7 Å². The molecule has 22 heavy (non-hydrogen) atoms. The lowest BCUT2D eigenvalue weighted by Gasteiger charge is -2.50. The Labute approximate surface area is 143 Å². The minimum Gasteiger partial charge on any atom is -0.444 e. The molecule has 0 saturated carbocycles. The summed E-state index contributed by atoms with van der Waals surface area (Å²) in [5.74, 6) is 0. The predicted molar refractivity (Wildman–Crippen MR) is 92.1 cm³/mol. The van der Waals surface area contributed by atoms with E-state index in [1.54, 1.807) is 0 Å². The molecule has 0 aliphatic carbocycles. The molecule has 0 spiro atoms. The zero-order valence-electron chi connectivity index (χ0n) is 14.6. The maximum Gasteiger partial charge on any atom is 0.410 e. The average Bonchev–Trinajstić information content (AvgIpc) is 2.40. The van der Waals surface area contributed by atoms with Crippen molar-refractivity contribution in [2.45, 2.75) is 64.6 Å². The van der Waals surface area contributed by atoms with Gasteiger partial charge in [-0.15, -0.1) is 0 Å². The number of piperazine rings is 1. The Morgan fingerprint density at radius 1 is 1.18 bits per heavy atom. The number of ether oxygens (including phenoxy) is 1. The standard InChI is InChI=1S/C16H30BrN3O2/c1-13-12-19(10-11-20(13)17)16(5)6-8-18(9-7-16)14(21)22-15(2,3)4/h13H,6-12H2,1-5H3/t13-/m0/s1. The van der Waals surface area contributed by atoms with E-state index in [-0.39, 0.29) is 11.6 Å². The van der Waals surface area contributed by atoms with Crippen molar-refractivity contribution in [1.82, 2.24) is 13.7 Å². The molecule has 0 bridgehead atoms. The largest absolute Gasteiger partial charge is 0.444 e. The Morgan fingerprint density at radius 2 is 1.77 bits per heavy atom. The van der Waals surface area contributed by atoms with Gasteiger partial charge in [-0.1, -0.05) is 0 Å². The number of amides is 1. The second-order valence-electron chi connectivity index (χ2n) is 7.88. The number of carbonyl (C=O) groups is 1. The Morgan fingerprint density at radius 3 is 2.27 bits per heavy atom. The highest BCUT2D eigenvalue weighted by molar-refractivity contribution is 9.07. The van der Waals surface area contributed by atoms with Crippen LogP contribution in [0.3, 0.4) is 0 Å². The van der Waals surface area contributed by atoms with Gasteiger partial charge in [0, 0.05) is 60.5 Å². The molecule has 2 fully saturated rings. The van der Waals surface area contributed by atoms with Crippen molar-refractivity contribution in [3.8, 4) is 0 Å². The molecule has 0 aromatic carbocycles. The second kappa shape index (κ2) is 6.65. The van der Waals surface area contributed by atoms with Crippen LogP contribution in [0.25, 0.3) is 0 Å². The number of hydrogen-bond donors (Lipinski definition) is 0. The fourth-order valence-corrected chi connectivity index (χ4v) is 3.53. The van der Waals surface area contributed by atoms with Crippen LogP contribution in [0.5, 0.6) is 0 Å². The second-order valence-corrected chi connectivity index (χ2v) is 8.79. The van der Waals surface area contributed by atoms with Crippen LogP contribution < -0.4 is 0 Å². The lowest BCUT2D eigenvalue weighted by Crippen LogP contribution is -2.60. The fourth-order valence-electron chi connectivity index (χ4n) is 3.24. The first-order chi connectivity index (χ1) is 10.1. The molecule has 1 amide bonds. The molecule has 0 aromatic rings. The van der Waals surface area contributed by atoms with Crippen LogP contribution in [0, 0.1) is 0 Å². The van der Waals surface area contributed by atoms with E-state index in [0.717, 1.165) is 45.6 Å². The van der Waals surface area contributed by atoms with Gasteiger partial charge in [-0.3, -0.25) is 4.90 Å². The van der Waals surface area contributed by atoms with Crippen LogP contribution in [0.4, 0.5) is 4.79 Å². The third-order valence-electron chi connectivity index (χ3n) is 4.80. The fraction of sp³-hybridized carbons (Fsp3) is 0.938. The van der Waals surface area contributed by atoms with Crippen molar-refractivity contribution in [3.05, 3.63) is 0 Å². The van der Waals surface area contributed by atoms with Crippen molar-refractivity contribution >= 4 is 22.2 Å². The summed E-state index contributed by atoms with van der Waals surface area (Å²) in [4.78, 5) is 16.6. The van der Waals surface area contributed by atoms with Gasteiger partial charge in [0.2, 0.25) is 0 Å². The summed E-state index contributed by atoms with van der Waals surface area (Å²) in [6, 6.07) is 0.523. The van der Waals surface area contributed by atoms with Gasteiger partial charge in [-0.05, 0) is 47.5 Å². The maximum absolute atomic E-state index is 12.2. The topological polar surface area (TPSA) is 36.0 Å². The summed E-state index contributed by atoms with van der Waals surface area (Å²) in [5.41, 5.74) is -0.222. The molecule has 0 aromatic heterocycles. The van der Waals surface area contributed by atoms with Gasteiger partial charge in [0.15, 0.2) is 0 Å². The molecular formula is C16H30BrN3O2. The summed E-state index contributed by atoms with van der Waals surface area (Å²) in [7, 11) is 0. The molecule has 2 saturated heterocycles. The molecule has 2 aliphatic rings. The highest BCUT2D eigenvalue weighted by Crippen LogP contribution is 2.31. The van der Waals surface area contributed by atoms with Crippen molar-refractivity contribution < 1.29 is 9.53 Å². The molecule has 0 N–H and O–H groups in total. The van der Waals surface area contributed by atoms with E-state index in [0.29, 0.717) is 6.04 Å². The molecule has 5 nitrogen and oxygen atoms in total. The number of carbonyl (C=O) groups excluding carboxylic acids is 1. The first-order valence-electron chi connectivity index (χ1n) is 8.26. The number of rotatable bonds is 1. The van der Waals surface area contributed by atoms with Crippen molar-refractivity contribution in [2.24, 2.45) is 0 Å². The number of halogens is 1. The molecule has 2 aliphatic heterocycles. The van der Waals surface area contributed by atoms with Crippen LogP contribution in [0.15, 0.2) is 0 Å². The summed E-state index contributed by atoms with van der Waals surface area (Å²) in [6.45, 7) is 15.1. The summed E-state index contributed by atoms with van der Waals surface area (Å²) < 4.78 is 7.72. The molecule has 2 heterocycles. The Bertz CT molecular complexity index is 403. The predicted octanol–water partition coefficient (Wildman–Crippen LogP) is 3.09. The molecule has 6 heteroatoms. The van der Waals surface area contributed by atoms with Crippen molar-refractivity contribution in [3.63, 3.8) is 0 Å². The Hall–Kier alpha value is -0.330. The zero-order chi connectivity index (χ0) is 16.5. The highest BCUT2D eigenvalue weighted by atomic mass is 79.9. The molecular weight excluding hydrogens is 346 g/mol. The van der Waals surface area contributed by atoms with Crippen LogP contribution in [-0.2, 0) is 4.74 Å². The molecule has 0 unspecified atom stereocenters. The normalized spacial score (nSPS) is 27.7. The quantitative estimate of drug-likeness (QED) is 0.659. The highest BCUT2D eigenvalue weighted by Gasteiger charge is 2.40. The van der Waals surface area contributed by atoms with Gasteiger partial charge >= 0.3 is 6.09 Å².